The van der Waals surface area contributed by atoms with Crippen LogP contribution < -0.4 is 17.0 Å². The molecule has 0 atom stereocenters. The fourth-order valence-corrected chi connectivity index (χ4v) is 5.57. The zero-order chi connectivity index (χ0) is 25.2. The molecule has 0 fully saturated rings. The van der Waals surface area contributed by atoms with Crippen molar-refractivity contribution in [1.82, 2.24) is 4.57 Å². The lowest BCUT2D eigenvalue weighted by molar-refractivity contribution is -0.724. The Hall–Kier alpha value is -0.500. The van der Waals surface area contributed by atoms with Gasteiger partial charge in [0.2, 0.25) is 6.33 Å². The Kier molecular flexibility index (Phi) is 27.2. The Morgan fingerprint density at radius 1 is 0.500 bits per heavy atom. The van der Waals surface area contributed by atoms with Crippen LogP contribution in [-0.4, -0.2) is 4.57 Å². The molecule has 214 valence electrons. The third-order valence-electron chi connectivity index (χ3n) is 7.99. The Bertz CT molecular complexity index is 514. The number of imidazole rings is 1. The minimum atomic E-state index is 0. The smallest absolute Gasteiger partial charge is 0.243 e. The highest BCUT2D eigenvalue weighted by Gasteiger charge is 2.15. The minimum absolute atomic E-state index is 0. The molecule has 0 aliphatic rings. The van der Waals surface area contributed by atoms with Gasteiger partial charge < -0.3 is 12.4 Å². The third-order valence-corrected chi connectivity index (χ3v) is 7.99. The highest BCUT2D eigenvalue weighted by Crippen LogP contribution is 2.20. The molecule has 0 radical (unpaired) electrons. The van der Waals surface area contributed by atoms with E-state index in [1.54, 1.807) is 0 Å². The summed E-state index contributed by atoms with van der Waals surface area (Å²) in [4.78, 5) is 0. The molecule has 0 N–H and O–H groups in total. The summed E-state index contributed by atoms with van der Waals surface area (Å²) in [5.41, 5.74) is 0. The van der Waals surface area contributed by atoms with E-state index in [2.05, 4.69) is 48.8 Å². The van der Waals surface area contributed by atoms with Crippen LogP contribution in [0.15, 0.2) is 18.7 Å². The maximum atomic E-state index is 2.50. The standard InChI is InChI=1S/C33H65N2.ClH/c1-4-6-8-10-12-14-16-18-20-22-24-26-28-33(35-31-30-34(3)32-35)29-27-25-23-21-19-17-15-13-11-9-7-5-2;/h30-33H,4-29H2,1-3H3;1H/q+1;/p-1. The van der Waals surface area contributed by atoms with Crippen molar-refractivity contribution in [2.24, 2.45) is 7.05 Å². The zero-order valence-corrected chi connectivity index (χ0v) is 25.7. The molecule has 0 aromatic carbocycles. The van der Waals surface area contributed by atoms with Gasteiger partial charge in [-0.3, -0.25) is 0 Å². The molecule has 1 rings (SSSR count). The van der Waals surface area contributed by atoms with Gasteiger partial charge in [-0.15, -0.1) is 0 Å². The number of aryl methyl sites for hydroxylation is 1. The molecule has 0 aliphatic heterocycles. The molecule has 3 heteroatoms. The molecule has 0 saturated heterocycles. The van der Waals surface area contributed by atoms with E-state index in [4.69, 9.17) is 0 Å². The predicted molar refractivity (Wildman–Crippen MR) is 156 cm³/mol. The average Bonchev–Trinajstić information content (AvgIpc) is 3.30. The first-order valence-electron chi connectivity index (χ1n) is 16.3. The fraction of sp³-hybridized carbons (Fsp3) is 0.909. The molecular weight excluding hydrogens is 460 g/mol. The number of rotatable bonds is 27. The molecule has 0 amide bonds. The summed E-state index contributed by atoms with van der Waals surface area (Å²) >= 11 is 0. The van der Waals surface area contributed by atoms with Gasteiger partial charge in [-0.25, -0.2) is 9.13 Å². The van der Waals surface area contributed by atoms with Gasteiger partial charge in [-0.1, -0.05) is 155 Å². The Labute approximate surface area is 233 Å². The van der Waals surface area contributed by atoms with E-state index in [0.29, 0.717) is 6.04 Å². The monoisotopic (exact) mass is 524 g/mol. The number of nitrogens with zero attached hydrogens (tertiary/aromatic N) is 2. The molecule has 2 nitrogen and oxygen atoms in total. The molecule has 36 heavy (non-hydrogen) atoms. The highest BCUT2D eigenvalue weighted by atomic mass is 35.5. The van der Waals surface area contributed by atoms with Gasteiger partial charge in [0.25, 0.3) is 0 Å². The van der Waals surface area contributed by atoms with E-state index in [1.807, 2.05) is 0 Å². The number of aromatic nitrogens is 2. The summed E-state index contributed by atoms with van der Waals surface area (Å²) < 4.78 is 4.70. The summed E-state index contributed by atoms with van der Waals surface area (Å²) in [7, 11) is 2.15. The van der Waals surface area contributed by atoms with Crippen molar-refractivity contribution in [2.75, 3.05) is 0 Å². The second-order valence-corrected chi connectivity index (χ2v) is 11.5. The maximum Gasteiger partial charge on any atom is 0.243 e. The lowest BCUT2D eigenvalue weighted by atomic mass is 9.99. The van der Waals surface area contributed by atoms with Crippen LogP contribution in [0.5, 0.6) is 0 Å². The minimum Gasteiger partial charge on any atom is -1.00 e. The number of hydrogen-bond donors (Lipinski definition) is 0. The topological polar surface area (TPSA) is 8.81 Å². The van der Waals surface area contributed by atoms with E-state index in [9.17, 15) is 0 Å². The molecular formula is C33H65ClN2. The summed E-state index contributed by atoms with van der Waals surface area (Å²) in [6.45, 7) is 4.61. The quantitative estimate of drug-likeness (QED) is 0.0812. The first-order valence-corrected chi connectivity index (χ1v) is 16.3. The molecule has 0 unspecified atom stereocenters. The van der Waals surface area contributed by atoms with Crippen LogP contribution in [0.4, 0.5) is 0 Å². The predicted octanol–water partition coefficient (Wildman–Crippen LogP) is 8.04. The molecule has 1 heterocycles. The lowest BCUT2D eigenvalue weighted by Crippen LogP contribution is -3.00. The lowest BCUT2D eigenvalue weighted by Gasteiger charge is -2.14. The Balaban J connectivity index is 0.0000122. The first kappa shape index (κ1) is 35.5. The van der Waals surface area contributed by atoms with Crippen LogP contribution in [0.25, 0.3) is 0 Å². The fourth-order valence-electron chi connectivity index (χ4n) is 5.57. The SMILES string of the molecule is CCCCCCCCCCCCCCC(CCCCCCCCCCCCCC)[n+]1ccn(C)c1.[Cl-]. The van der Waals surface area contributed by atoms with E-state index >= 15 is 0 Å². The van der Waals surface area contributed by atoms with Crippen LogP contribution in [0.1, 0.15) is 187 Å². The first-order chi connectivity index (χ1) is 17.3. The molecule has 1 aromatic rings. The zero-order valence-electron chi connectivity index (χ0n) is 25.0. The van der Waals surface area contributed by atoms with Gasteiger partial charge in [0.1, 0.15) is 18.4 Å². The van der Waals surface area contributed by atoms with E-state index < -0.39 is 0 Å². The van der Waals surface area contributed by atoms with Crippen LogP contribution in [0.3, 0.4) is 0 Å². The Morgan fingerprint density at radius 2 is 0.806 bits per heavy atom. The van der Waals surface area contributed by atoms with Crippen molar-refractivity contribution >= 4 is 0 Å². The highest BCUT2D eigenvalue weighted by molar-refractivity contribution is 4.65. The van der Waals surface area contributed by atoms with Crippen LogP contribution in [-0.2, 0) is 7.05 Å². The molecule has 0 bridgehead atoms. The van der Waals surface area contributed by atoms with Gasteiger partial charge in [0.05, 0.1) is 7.05 Å². The van der Waals surface area contributed by atoms with Crippen molar-refractivity contribution in [3.05, 3.63) is 18.7 Å². The number of unbranched alkanes of at least 4 members (excludes halogenated alkanes) is 22. The largest absolute Gasteiger partial charge is 1.00 e. The van der Waals surface area contributed by atoms with Crippen LogP contribution >= 0.6 is 0 Å². The van der Waals surface area contributed by atoms with Crippen molar-refractivity contribution in [3.8, 4) is 0 Å². The summed E-state index contributed by atoms with van der Waals surface area (Å²) in [6.07, 6.45) is 44.2. The van der Waals surface area contributed by atoms with Gasteiger partial charge in [-0.05, 0) is 25.7 Å². The summed E-state index contributed by atoms with van der Waals surface area (Å²) in [5, 5.41) is 0. The van der Waals surface area contributed by atoms with E-state index in [-0.39, 0.29) is 12.4 Å². The van der Waals surface area contributed by atoms with Gasteiger partial charge in [0, 0.05) is 0 Å². The van der Waals surface area contributed by atoms with Gasteiger partial charge >= 0.3 is 0 Å². The van der Waals surface area contributed by atoms with E-state index in [0.717, 1.165) is 0 Å². The summed E-state index contributed by atoms with van der Waals surface area (Å²) in [5.74, 6) is 0. The van der Waals surface area contributed by atoms with Crippen LogP contribution in [0, 0.1) is 0 Å². The molecule has 1 aromatic heterocycles. The van der Waals surface area contributed by atoms with Gasteiger partial charge in [0.15, 0.2) is 0 Å². The van der Waals surface area contributed by atoms with Crippen molar-refractivity contribution in [1.29, 1.82) is 0 Å². The maximum absolute atomic E-state index is 2.50. The molecule has 0 spiro atoms. The van der Waals surface area contributed by atoms with Crippen molar-refractivity contribution in [2.45, 2.75) is 187 Å². The molecule has 0 aliphatic carbocycles. The number of hydrogen-bond acceptors (Lipinski definition) is 0. The molecule has 0 saturated carbocycles. The Morgan fingerprint density at radius 3 is 1.08 bits per heavy atom. The second-order valence-electron chi connectivity index (χ2n) is 11.5. The third kappa shape index (κ3) is 21.6. The summed E-state index contributed by atoms with van der Waals surface area (Å²) in [6, 6.07) is 0.711. The van der Waals surface area contributed by atoms with E-state index in [1.165, 1.54) is 167 Å². The normalized spacial score (nSPS) is 11.3. The number of halogens is 1. The van der Waals surface area contributed by atoms with Crippen molar-refractivity contribution < 1.29 is 17.0 Å². The second kappa shape index (κ2) is 27.5. The van der Waals surface area contributed by atoms with Crippen molar-refractivity contribution in [3.63, 3.8) is 0 Å². The van der Waals surface area contributed by atoms with Gasteiger partial charge in [-0.2, -0.15) is 0 Å². The van der Waals surface area contributed by atoms with Crippen LogP contribution in [0.2, 0.25) is 0 Å². The average molecular weight is 525 g/mol.